The smallest absolute Gasteiger partial charge is 0.355 e. The van der Waals surface area contributed by atoms with E-state index >= 15 is 0 Å². The van der Waals surface area contributed by atoms with Gasteiger partial charge in [0.15, 0.2) is 0 Å². The van der Waals surface area contributed by atoms with Gasteiger partial charge in [-0.25, -0.2) is 0 Å². The summed E-state index contributed by atoms with van der Waals surface area (Å²) < 4.78 is 43.4. The first kappa shape index (κ1) is 17.1. The highest BCUT2D eigenvalue weighted by molar-refractivity contribution is 7.15. The zero-order valence-corrected chi connectivity index (χ0v) is 13.9. The van der Waals surface area contributed by atoms with E-state index in [1.807, 2.05) is 6.92 Å². The number of amides is 1. The van der Waals surface area contributed by atoms with Crippen molar-refractivity contribution >= 4 is 17.2 Å². The molecule has 1 N–H and O–H groups in total. The number of carbonyl (C=O) groups is 1. The second-order valence-electron chi connectivity index (χ2n) is 5.09. The van der Waals surface area contributed by atoms with Crippen molar-refractivity contribution in [2.24, 2.45) is 0 Å². The number of nitrogens with zero attached hydrogens (tertiary/aromatic N) is 4. The number of carbonyl (C=O) groups excluding carboxylic acids is 1. The Bertz CT molecular complexity index is 898. The number of thiophene rings is 1. The number of hydrogen-bond acceptors (Lipinski definition) is 6. The average Bonchev–Trinajstić information content (AvgIpc) is 3.31. The lowest BCUT2D eigenvalue weighted by Gasteiger charge is -2.09. The monoisotopic (exact) mass is 371 g/mol. The molecule has 0 aliphatic carbocycles. The minimum absolute atomic E-state index is 0.123. The molecule has 3 aromatic heterocycles. The molecule has 0 fully saturated rings. The van der Waals surface area contributed by atoms with E-state index in [4.69, 9.17) is 0 Å². The van der Waals surface area contributed by atoms with Crippen molar-refractivity contribution in [3.8, 4) is 10.7 Å². The molecule has 3 heterocycles. The van der Waals surface area contributed by atoms with Gasteiger partial charge in [-0.05, 0) is 19.1 Å². The summed E-state index contributed by atoms with van der Waals surface area (Å²) in [6, 6.07) is 3.14. The Morgan fingerprint density at radius 1 is 1.40 bits per heavy atom. The predicted octanol–water partition coefficient (Wildman–Crippen LogP) is 2.98. The molecule has 0 aliphatic rings. The fraction of sp³-hybridized carbons (Fsp3) is 0.286. The fourth-order valence-electron chi connectivity index (χ4n) is 2.08. The Balaban J connectivity index is 1.82. The summed E-state index contributed by atoms with van der Waals surface area (Å²) in [7, 11) is 1.52. The summed E-state index contributed by atoms with van der Waals surface area (Å²) in [5, 5.41) is 10.0. The summed E-state index contributed by atoms with van der Waals surface area (Å²) in [5.41, 5.74) is 0.416. The van der Waals surface area contributed by atoms with Crippen molar-refractivity contribution in [2.45, 2.75) is 19.1 Å². The molecule has 0 aromatic carbocycles. The number of aromatic nitrogens is 4. The van der Waals surface area contributed by atoms with Crippen LogP contribution in [0, 0.1) is 0 Å². The molecule has 0 bridgehead atoms. The molecule has 3 rings (SSSR count). The topological polar surface area (TPSA) is 85.8 Å². The second-order valence-corrected chi connectivity index (χ2v) is 6.20. The number of halogens is 3. The molecule has 1 unspecified atom stereocenters. The maximum Gasteiger partial charge on any atom is 0.471 e. The highest BCUT2D eigenvalue weighted by atomic mass is 32.1. The first-order valence-electron chi connectivity index (χ1n) is 7.07. The lowest BCUT2D eigenvalue weighted by Crippen LogP contribution is -2.17. The third kappa shape index (κ3) is 3.40. The lowest BCUT2D eigenvalue weighted by atomic mass is 10.2. The van der Waals surface area contributed by atoms with Crippen LogP contribution in [0.25, 0.3) is 10.7 Å². The molecule has 11 heteroatoms. The molecular weight excluding hydrogens is 359 g/mol. The summed E-state index contributed by atoms with van der Waals surface area (Å²) in [4.78, 5) is 16.2. The van der Waals surface area contributed by atoms with Gasteiger partial charge in [0, 0.05) is 18.1 Å². The van der Waals surface area contributed by atoms with E-state index in [0.717, 1.165) is 4.88 Å². The molecule has 0 saturated heterocycles. The van der Waals surface area contributed by atoms with Crippen molar-refractivity contribution in [2.75, 3.05) is 7.05 Å². The highest BCUT2D eigenvalue weighted by Crippen LogP contribution is 2.34. The van der Waals surface area contributed by atoms with E-state index in [-0.39, 0.29) is 17.8 Å². The van der Waals surface area contributed by atoms with Gasteiger partial charge in [-0.2, -0.15) is 23.3 Å². The molecule has 0 radical (unpaired) electrons. The summed E-state index contributed by atoms with van der Waals surface area (Å²) >= 11 is 1.22. The van der Waals surface area contributed by atoms with E-state index in [1.54, 1.807) is 23.0 Å². The van der Waals surface area contributed by atoms with Crippen LogP contribution in [-0.2, 0) is 6.18 Å². The standard InChI is InChI=1S/C14H12F3N5O2S/c1-7(22-6-8(5-19-22)12(23)18-2)9-3-4-10(25-9)11-20-13(24-21-11)14(15,16)17/h3-7H,1-2H3,(H,18,23). The first-order chi connectivity index (χ1) is 11.8. The van der Waals surface area contributed by atoms with Crippen LogP contribution < -0.4 is 5.32 Å². The van der Waals surface area contributed by atoms with Crippen LogP contribution in [0.5, 0.6) is 0 Å². The Morgan fingerprint density at radius 3 is 2.80 bits per heavy atom. The zero-order chi connectivity index (χ0) is 18.2. The quantitative estimate of drug-likeness (QED) is 0.762. The summed E-state index contributed by atoms with van der Waals surface area (Å²) in [5.74, 6) is -1.76. The van der Waals surface area contributed by atoms with Crippen LogP contribution in [0.3, 0.4) is 0 Å². The normalized spacial score (nSPS) is 13.0. The third-order valence-corrected chi connectivity index (χ3v) is 4.67. The van der Waals surface area contributed by atoms with E-state index < -0.39 is 12.1 Å². The molecule has 1 amide bonds. The SMILES string of the molecule is CNC(=O)c1cnn(C(C)c2ccc(-c3noc(C(F)(F)F)n3)s2)c1. The van der Waals surface area contributed by atoms with Gasteiger partial charge in [0.1, 0.15) is 0 Å². The van der Waals surface area contributed by atoms with Crippen molar-refractivity contribution in [3.05, 3.63) is 40.9 Å². The lowest BCUT2D eigenvalue weighted by molar-refractivity contribution is -0.159. The molecule has 3 aromatic rings. The van der Waals surface area contributed by atoms with Gasteiger partial charge in [0.25, 0.3) is 5.91 Å². The Labute approximate surface area is 143 Å². The molecule has 0 spiro atoms. The van der Waals surface area contributed by atoms with Gasteiger partial charge >= 0.3 is 12.1 Å². The van der Waals surface area contributed by atoms with Gasteiger partial charge < -0.3 is 9.84 Å². The third-order valence-electron chi connectivity index (χ3n) is 3.42. The maximum atomic E-state index is 12.5. The van der Waals surface area contributed by atoms with E-state index in [9.17, 15) is 18.0 Å². The number of nitrogens with one attached hydrogen (secondary N) is 1. The van der Waals surface area contributed by atoms with E-state index in [2.05, 4.69) is 25.1 Å². The van der Waals surface area contributed by atoms with Gasteiger partial charge in [-0.15, -0.1) is 11.3 Å². The molecular formula is C14H12F3N5O2S. The highest BCUT2D eigenvalue weighted by Gasteiger charge is 2.38. The molecule has 25 heavy (non-hydrogen) atoms. The fourth-order valence-corrected chi connectivity index (χ4v) is 3.06. The van der Waals surface area contributed by atoms with Gasteiger partial charge in [0.2, 0.25) is 5.82 Å². The Hall–Kier alpha value is -2.69. The average molecular weight is 371 g/mol. The zero-order valence-electron chi connectivity index (χ0n) is 13.0. The van der Waals surface area contributed by atoms with Crippen molar-refractivity contribution in [3.63, 3.8) is 0 Å². The van der Waals surface area contributed by atoms with Crippen LogP contribution in [-0.4, -0.2) is 32.9 Å². The van der Waals surface area contributed by atoms with Crippen molar-refractivity contribution < 1.29 is 22.5 Å². The minimum atomic E-state index is -4.68. The van der Waals surface area contributed by atoms with Crippen LogP contribution in [0.2, 0.25) is 0 Å². The minimum Gasteiger partial charge on any atom is -0.355 e. The van der Waals surface area contributed by atoms with Crippen molar-refractivity contribution in [1.82, 2.24) is 25.2 Å². The summed E-state index contributed by atoms with van der Waals surface area (Å²) in [6.45, 7) is 1.85. The number of alkyl halides is 3. The first-order valence-corrected chi connectivity index (χ1v) is 7.88. The van der Waals surface area contributed by atoms with Gasteiger partial charge in [0.05, 0.1) is 22.7 Å². The Kier molecular flexibility index (Phi) is 4.33. The molecule has 0 aliphatic heterocycles. The molecule has 1 atom stereocenters. The maximum absolute atomic E-state index is 12.5. The summed E-state index contributed by atoms with van der Waals surface area (Å²) in [6.07, 6.45) is -1.64. The van der Waals surface area contributed by atoms with Crippen LogP contribution in [0.4, 0.5) is 13.2 Å². The van der Waals surface area contributed by atoms with E-state index in [0.29, 0.717) is 10.4 Å². The second kappa shape index (κ2) is 6.31. The number of rotatable bonds is 4. The van der Waals surface area contributed by atoms with Crippen LogP contribution in [0.1, 0.15) is 34.1 Å². The molecule has 7 nitrogen and oxygen atoms in total. The van der Waals surface area contributed by atoms with Crippen LogP contribution in [0.15, 0.2) is 29.0 Å². The molecule has 132 valence electrons. The Morgan fingerprint density at radius 2 is 2.16 bits per heavy atom. The van der Waals surface area contributed by atoms with Gasteiger partial charge in [-0.1, -0.05) is 5.16 Å². The predicted molar refractivity (Wildman–Crippen MR) is 82.0 cm³/mol. The van der Waals surface area contributed by atoms with E-state index in [1.165, 1.54) is 24.6 Å². The van der Waals surface area contributed by atoms with Gasteiger partial charge in [-0.3, -0.25) is 9.48 Å². The van der Waals surface area contributed by atoms with Crippen molar-refractivity contribution in [1.29, 1.82) is 0 Å². The molecule has 0 saturated carbocycles. The number of hydrogen-bond donors (Lipinski definition) is 1. The largest absolute Gasteiger partial charge is 0.471 e. The van der Waals surface area contributed by atoms with Crippen LogP contribution >= 0.6 is 11.3 Å².